The van der Waals surface area contributed by atoms with Gasteiger partial charge in [0.25, 0.3) is 0 Å². The average molecular weight is 263 g/mol. The first-order chi connectivity index (χ1) is 9.00. The Morgan fingerprint density at radius 1 is 1.42 bits per heavy atom. The summed E-state index contributed by atoms with van der Waals surface area (Å²) in [7, 11) is 2.15. The third-order valence-corrected chi connectivity index (χ3v) is 3.73. The molecule has 0 saturated carbocycles. The molecule has 1 unspecified atom stereocenters. The maximum absolute atomic E-state index is 5.61. The van der Waals surface area contributed by atoms with Gasteiger partial charge in [0, 0.05) is 18.0 Å². The Morgan fingerprint density at radius 2 is 2.21 bits per heavy atom. The monoisotopic (exact) mass is 263 g/mol. The van der Waals surface area contributed by atoms with Crippen LogP contribution in [0.3, 0.4) is 0 Å². The Bertz CT molecular complexity index is 401. The van der Waals surface area contributed by atoms with E-state index >= 15 is 0 Å². The fourth-order valence-electron chi connectivity index (χ4n) is 2.57. The number of anilines is 1. The highest BCUT2D eigenvalue weighted by molar-refractivity contribution is 5.36. The first-order valence-electron chi connectivity index (χ1n) is 7.00. The number of nitrogens with two attached hydrogens (primary N) is 1. The second-order valence-corrected chi connectivity index (χ2v) is 6.14. The number of nitrogens with one attached hydrogen (secondary N) is 1. The van der Waals surface area contributed by atoms with E-state index in [0.717, 1.165) is 31.0 Å². The van der Waals surface area contributed by atoms with Gasteiger partial charge in [0.2, 0.25) is 0 Å². The van der Waals surface area contributed by atoms with Crippen LogP contribution in [0.1, 0.15) is 38.3 Å². The van der Waals surface area contributed by atoms with Crippen LogP contribution in [0, 0.1) is 0 Å². The molecule has 0 radical (unpaired) electrons. The average Bonchev–Trinajstić information content (AvgIpc) is 2.76. The van der Waals surface area contributed by atoms with Gasteiger partial charge >= 0.3 is 0 Å². The highest BCUT2D eigenvalue weighted by Gasteiger charge is 2.23. The molecule has 1 aliphatic heterocycles. The summed E-state index contributed by atoms with van der Waals surface area (Å²) in [6.45, 7) is 7.15. The van der Waals surface area contributed by atoms with Crippen LogP contribution < -0.4 is 11.1 Å². The molecule has 0 aromatic carbocycles. The van der Waals surface area contributed by atoms with Crippen LogP contribution in [0.25, 0.3) is 0 Å². The summed E-state index contributed by atoms with van der Waals surface area (Å²) >= 11 is 0. The molecule has 0 bridgehead atoms. The van der Waals surface area contributed by atoms with Crippen LogP contribution in [-0.4, -0.2) is 47.3 Å². The number of hydrogen-bond acceptors (Lipinski definition) is 5. The van der Waals surface area contributed by atoms with Gasteiger partial charge in [-0.25, -0.2) is 0 Å². The van der Waals surface area contributed by atoms with Crippen molar-refractivity contribution in [1.82, 2.24) is 15.1 Å². The summed E-state index contributed by atoms with van der Waals surface area (Å²) in [5.74, 6) is 1.36. The molecule has 1 aliphatic rings. The Hall–Kier alpha value is -1.20. The lowest BCUT2D eigenvalue weighted by Crippen LogP contribution is -2.33. The van der Waals surface area contributed by atoms with Gasteiger partial charge < -0.3 is 16.0 Å². The normalized spacial score (nSPS) is 20.7. The molecule has 19 heavy (non-hydrogen) atoms. The van der Waals surface area contributed by atoms with Crippen molar-refractivity contribution in [2.24, 2.45) is 5.73 Å². The molecule has 5 heteroatoms. The minimum absolute atomic E-state index is 0.0431. The van der Waals surface area contributed by atoms with Crippen LogP contribution in [0.2, 0.25) is 0 Å². The maximum Gasteiger partial charge on any atom is 0.149 e. The van der Waals surface area contributed by atoms with Crippen molar-refractivity contribution < 1.29 is 0 Å². The van der Waals surface area contributed by atoms with E-state index in [0.29, 0.717) is 12.5 Å². The molecule has 2 rings (SSSR count). The molecule has 1 fully saturated rings. The van der Waals surface area contributed by atoms with Crippen LogP contribution in [0.4, 0.5) is 5.82 Å². The van der Waals surface area contributed by atoms with E-state index in [4.69, 9.17) is 5.73 Å². The van der Waals surface area contributed by atoms with Gasteiger partial charge in [-0.3, -0.25) is 0 Å². The fraction of sp³-hybridized carbons (Fsp3) is 0.714. The van der Waals surface area contributed by atoms with Crippen LogP contribution >= 0.6 is 0 Å². The van der Waals surface area contributed by atoms with E-state index in [1.807, 2.05) is 6.07 Å². The third-order valence-electron chi connectivity index (χ3n) is 3.73. The molecule has 3 N–H and O–H groups in total. The highest BCUT2D eigenvalue weighted by atomic mass is 15.2. The van der Waals surface area contributed by atoms with Crippen molar-refractivity contribution >= 4 is 5.82 Å². The summed E-state index contributed by atoms with van der Waals surface area (Å²) in [6, 6.07) is 4.12. The van der Waals surface area contributed by atoms with Crippen LogP contribution in [0.5, 0.6) is 0 Å². The Kier molecular flexibility index (Phi) is 4.37. The van der Waals surface area contributed by atoms with Gasteiger partial charge in [-0.15, -0.1) is 5.10 Å². The van der Waals surface area contributed by atoms with Crippen LogP contribution in [0.15, 0.2) is 12.1 Å². The minimum atomic E-state index is -0.0431. The van der Waals surface area contributed by atoms with Crippen molar-refractivity contribution in [3.63, 3.8) is 0 Å². The molecule has 106 valence electrons. The molecule has 1 aromatic heterocycles. The van der Waals surface area contributed by atoms with Gasteiger partial charge in [0.15, 0.2) is 0 Å². The lowest BCUT2D eigenvalue weighted by Gasteiger charge is -2.26. The molecule has 0 amide bonds. The number of likely N-dealkylation sites (tertiary alicyclic amines) is 1. The highest BCUT2D eigenvalue weighted by Crippen LogP contribution is 2.25. The van der Waals surface area contributed by atoms with Gasteiger partial charge in [0.05, 0.1) is 5.69 Å². The van der Waals surface area contributed by atoms with Crippen molar-refractivity contribution in [1.29, 1.82) is 0 Å². The summed E-state index contributed by atoms with van der Waals surface area (Å²) in [5, 5.41) is 12.0. The molecule has 5 nitrogen and oxygen atoms in total. The topological polar surface area (TPSA) is 67.1 Å². The largest absolute Gasteiger partial charge is 0.364 e. The van der Waals surface area contributed by atoms with Gasteiger partial charge in [-0.2, -0.15) is 5.10 Å². The quantitative estimate of drug-likeness (QED) is 0.841. The van der Waals surface area contributed by atoms with E-state index in [2.05, 4.69) is 47.4 Å². The molecule has 0 aliphatic carbocycles. The molecule has 1 aromatic rings. The van der Waals surface area contributed by atoms with Crippen LogP contribution in [-0.2, 0) is 0 Å². The predicted molar refractivity (Wildman–Crippen MR) is 78.3 cm³/mol. The van der Waals surface area contributed by atoms with E-state index in [1.54, 1.807) is 0 Å². The fourth-order valence-corrected chi connectivity index (χ4v) is 2.57. The second kappa shape index (κ2) is 5.84. The number of rotatable bonds is 5. The van der Waals surface area contributed by atoms with Crippen molar-refractivity contribution in [2.45, 2.75) is 38.1 Å². The zero-order valence-corrected chi connectivity index (χ0v) is 12.2. The SMILES string of the molecule is CN1CCC(c2ccc(NC(C)(C)CCN)nn2)C1. The standard InChI is InChI=1S/C14H25N5/c1-14(2,7-8-15)16-13-5-4-12(17-18-13)11-6-9-19(3)10-11/h4-5,11H,6-10,15H2,1-3H3,(H,16,18). The number of aromatic nitrogens is 2. The summed E-state index contributed by atoms with van der Waals surface area (Å²) in [6.07, 6.45) is 2.08. The number of nitrogens with zero attached hydrogens (tertiary/aromatic N) is 3. The zero-order valence-electron chi connectivity index (χ0n) is 12.2. The Balaban J connectivity index is 1.98. The molecular formula is C14H25N5. The molecule has 2 heterocycles. The Morgan fingerprint density at radius 3 is 2.74 bits per heavy atom. The van der Waals surface area contributed by atoms with Gasteiger partial charge in [0.1, 0.15) is 5.82 Å². The smallest absolute Gasteiger partial charge is 0.149 e. The summed E-state index contributed by atoms with van der Waals surface area (Å²) in [4.78, 5) is 2.34. The van der Waals surface area contributed by atoms with Crippen molar-refractivity contribution in [2.75, 3.05) is 32.0 Å². The van der Waals surface area contributed by atoms with E-state index < -0.39 is 0 Å². The van der Waals surface area contributed by atoms with Crippen molar-refractivity contribution in [3.05, 3.63) is 17.8 Å². The van der Waals surface area contributed by atoms with E-state index in [1.165, 1.54) is 6.42 Å². The van der Waals surface area contributed by atoms with Gasteiger partial charge in [-0.1, -0.05) is 0 Å². The predicted octanol–water partition coefficient (Wildman–Crippen LogP) is 1.43. The third kappa shape index (κ3) is 3.88. The Labute approximate surface area is 115 Å². The molecule has 1 atom stereocenters. The number of likely N-dealkylation sites (N-methyl/N-ethyl adjacent to an activating group) is 1. The minimum Gasteiger partial charge on any atom is -0.364 e. The maximum atomic E-state index is 5.61. The summed E-state index contributed by atoms with van der Waals surface area (Å²) < 4.78 is 0. The van der Waals surface area contributed by atoms with Gasteiger partial charge in [-0.05, 0) is 59.0 Å². The summed E-state index contributed by atoms with van der Waals surface area (Å²) in [5.41, 5.74) is 6.67. The number of hydrogen-bond donors (Lipinski definition) is 2. The first kappa shape index (κ1) is 14.2. The lowest BCUT2D eigenvalue weighted by atomic mass is 10.0. The molecule has 1 saturated heterocycles. The van der Waals surface area contributed by atoms with E-state index in [-0.39, 0.29) is 5.54 Å². The zero-order chi connectivity index (χ0) is 13.9. The molecule has 0 spiro atoms. The van der Waals surface area contributed by atoms with Crippen molar-refractivity contribution in [3.8, 4) is 0 Å². The lowest BCUT2D eigenvalue weighted by molar-refractivity contribution is 0.410. The molecular weight excluding hydrogens is 238 g/mol. The van der Waals surface area contributed by atoms with E-state index in [9.17, 15) is 0 Å². The first-order valence-corrected chi connectivity index (χ1v) is 7.00. The second-order valence-electron chi connectivity index (χ2n) is 6.14.